The van der Waals surface area contributed by atoms with Crippen LogP contribution in [0.15, 0.2) is 60.7 Å². The van der Waals surface area contributed by atoms with Gasteiger partial charge in [-0.25, -0.2) is 0 Å². The fourth-order valence-corrected chi connectivity index (χ4v) is 3.80. The molecule has 1 saturated heterocycles. The zero-order valence-electron chi connectivity index (χ0n) is 16.2. The van der Waals surface area contributed by atoms with E-state index in [1.165, 1.54) is 0 Å². The number of hydrogen-bond acceptors (Lipinski definition) is 3. The van der Waals surface area contributed by atoms with Crippen LogP contribution in [0.5, 0.6) is 0 Å². The highest BCUT2D eigenvalue weighted by atomic mass is 16.4. The van der Waals surface area contributed by atoms with Gasteiger partial charge in [-0.1, -0.05) is 48.5 Å². The number of carboxylic acids is 1. The van der Waals surface area contributed by atoms with Gasteiger partial charge in [-0.15, -0.1) is 0 Å². The molecule has 1 N–H and O–H groups in total. The molecule has 148 valence electrons. The molecular weight excluding hydrogens is 352 g/mol. The molecule has 1 aliphatic rings. The molecule has 5 nitrogen and oxygen atoms in total. The normalized spacial score (nSPS) is 16.6. The van der Waals surface area contributed by atoms with Crippen molar-refractivity contribution in [1.29, 1.82) is 0 Å². The quantitative estimate of drug-likeness (QED) is 0.757. The van der Waals surface area contributed by atoms with Crippen LogP contribution in [0.25, 0.3) is 0 Å². The summed E-state index contributed by atoms with van der Waals surface area (Å²) < 4.78 is 0. The number of carbonyl (C=O) groups excluding carboxylic acids is 1. The third-order valence-electron chi connectivity index (χ3n) is 5.30. The maximum absolute atomic E-state index is 13.0. The van der Waals surface area contributed by atoms with E-state index in [2.05, 4.69) is 17.0 Å². The number of anilines is 1. The average molecular weight is 380 g/mol. The van der Waals surface area contributed by atoms with Crippen LogP contribution >= 0.6 is 0 Å². The number of piperidine rings is 1. The van der Waals surface area contributed by atoms with Crippen molar-refractivity contribution in [3.05, 3.63) is 66.2 Å². The van der Waals surface area contributed by atoms with Crippen LogP contribution in [0, 0.1) is 5.92 Å². The molecule has 1 heterocycles. The summed E-state index contributed by atoms with van der Waals surface area (Å²) in [5.41, 5.74) is 2.19. The second kappa shape index (κ2) is 9.93. The summed E-state index contributed by atoms with van der Waals surface area (Å²) >= 11 is 0. The topological polar surface area (TPSA) is 60.9 Å². The van der Waals surface area contributed by atoms with Gasteiger partial charge in [0.05, 0.1) is 6.54 Å². The highest BCUT2D eigenvalue weighted by Crippen LogP contribution is 2.22. The van der Waals surface area contributed by atoms with E-state index in [4.69, 9.17) is 5.11 Å². The second-order valence-electron chi connectivity index (χ2n) is 7.46. The molecule has 1 atom stereocenters. The summed E-state index contributed by atoms with van der Waals surface area (Å²) in [6.07, 6.45) is 2.77. The van der Waals surface area contributed by atoms with Gasteiger partial charge in [0.1, 0.15) is 0 Å². The van der Waals surface area contributed by atoms with Gasteiger partial charge in [-0.05, 0) is 42.9 Å². The molecule has 1 aliphatic heterocycles. The highest BCUT2D eigenvalue weighted by Gasteiger charge is 2.25. The zero-order valence-corrected chi connectivity index (χ0v) is 16.2. The van der Waals surface area contributed by atoms with Gasteiger partial charge in [0.25, 0.3) is 0 Å². The Kier molecular flexibility index (Phi) is 7.06. The summed E-state index contributed by atoms with van der Waals surface area (Å²) in [5, 5.41) is 8.92. The van der Waals surface area contributed by atoms with Gasteiger partial charge in [0.2, 0.25) is 5.91 Å². The van der Waals surface area contributed by atoms with E-state index in [0.717, 1.165) is 30.6 Å². The van der Waals surface area contributed by atoms with Crippen LogP contribution in [0.4, 0.5) is 5.69 Å². The SMILES string of the molecule is O=C(O)CCC1CCCN(C(=O)CN(Cc2ccccc2)c2ccccc2)C1. The molecule has 5 heteroatoms. The fraction of sp³-hybridized carbons (Fsp3) is 0.391. The molecule has 1 amide bonds. The van der Waals surface area contributed by atoms with Gasteiger partial charge in [0, 0.05) is 31.7 Å². The Morgan fingerprint density at radius 1 is 1.04 bits per heavy atom. The Balaban J connectivity index is 1.66. The minimum atomic E-state index is -0.762. The Labute approximate surface area is 166 Å². The third-order valence-corrected chi connectivity index (χ3v) is 5.30. The number of benzene rings is 2. The average Bonchev–Trinajstić information content (AvgIpc) is 2.73. The fourth-order valence-electron chi connectivity index (χ4n) is 3.80. The molecule has 2 aromatic carbocycles. The molecular formula is C23H28N2O3. The first-order valence-electron chi connectivity index (χ1n) is 9.95. The number of nitrogens with zero attached hydrogens (tertiary/aromatic N) is 2. The first-order chi connectivity index (χ1) is 13.6. The van der Waals surface area contributed by atoms with E-state index < -0.39 is 5.97 Å². The van der Waals surface area contributed by atoms with E-state index in [9.17, 15) is 9.59 Å². The largest absolute Gasteiger partial charge is 0.481 e. The van der Waals surface area contributed by atoms with Crippen LogP contribution in [-0.2, 0) is 16.1 Å². The third kappa shape index (κ3) is 5.84. The maximum Gasteiger partial charge on any atom is 0.303 e. The van der Waals surface area contributed by atoms with Crippen molar-refractivity contribution >= 4 is 17.6 Å². The molecule has 0 spiro atoms. The van der Waals surface area contributed by atoms with Crippen LogP contribution in [0.2, 0.25) is 0 Å². The minimum Gasteiger partial charge on any atom is -0.481 e. The second-order valence-corrected chi connectivity index (χ2v) is 7.46. The van der Waals surface area contributed by atoms with Crippen molar-refractivity contribution < 1.29 is 14.7 Å². The van der Waals surface area contributed by atoms with Crippen molar-refractivity contribution in [3.63, 3.8) is 0 Å². The van der Waals surface area contributed by atoms with Crippen LogP contribution < -0.4 is 4.90 Å². The number of hydrogen-bond donors (Lipinski definition) is 1. The van der Waals surface area contributed by atoms with Gasteiger partial charge in [0.15, 0.2) is 0 Å². The lowest BCUT2D eigenvalue weighted by Crippen LogP contribution is -2.45. The number of rotatable bonds is 8. The predicted molar refractivity (Wildman–Crippen MR) is 110 cm³/mol. The van der Waals surface area contributed by atoms with Gasteiger partial charge in [-0.2, -0.15) is 0 Å². The van der Waals surface area contributed by atoms with Crippen LogP contribution in [-0.4, -0.2) is 41.5 Å². The van der Waals surface area contributed by atoms with Crippen molar-refractivity contribution in [2.45, 2.75) is 32.2 Å². The molecule has 28 heavy (non-hydrogen) atoms. The number of carboxylic acid groups (broad SMARTS) is 1. The summed E-state index contributed by atoms with van der Waals surface area (Å²) in [4.78, 5) is 27.9. The Morgan fingerprint density at radius 3 is 2.39 bits per heavy atom. The molecule has 1 fully saturated rings. The molecule has 2 aromatic rings. The molecule has 0 saturated carbocycles. The predicted octanol–water partition coefficient (Wildman–Crippen LogP) is 3.80. The van der Waals surface area contributed by atoms with E-state index in [-0.39, 0.29) is 18.2 Å². The van der Waals surface area contributed by atoms with Crippen LogP contribution in [0.3, 0.4) is 0 Å². The lowest BCUT2D eigenvalue weighted by atomic mass is 9.93. The summed E-state index contributed by atoms with van der Waals surface area (Å²) in [6, 6.07) is 20.2. The van der Waals surface area contributed by atoms with Crippen molar-refractivity contribution in [2.75, 3.05) is 24.5 Å². The molecule has 1 unspecified atom stereocenters. The van der Waals surface area contributed by atoms with E-state index in [0.29, 0.717) is 26.1 Å². The van der Waals surface area contributed by atoms with Gasteiger partial charge in [-0.3, -0.25) is 9.59 Å². The monoisotopic (exact) mass is 380 g/mol. The Morgan fingerprint density at radius 2 is 1.71 bits per heavy atom. The zero-order chi connectivity index (χ0) is 19.8. The first-order valence-corrected chi connectivity index (χ1v) is 9.95. The van der Waals surface area contributed by atoms with Crippen molar-refractivity contribution in [3.8, 4) is 0 Å². The number of carbonyl (C=O) groups is 2. The van der Waals surface area contributed by atoms with Gasteiger partial charge < -0.3 is 14.9 Å². The van der Waals surface area contributed by atoms with E-state index in [1.54, 1.807) is 0 Å². The maximum atomic E-state index is 13.0. The number of para-hydroxylation sites is 1. The van der Waals surface area contributed by atoms with Crippen LogP contribution in [0.1, 0.15) is 31.2 Å². The summed E-state index contributed by atoms with van der Waals surface area (Å²) in [5.74, 6) is -0.366. The first kappa shape index (κ1) is 19.9. The number of likely N-dealkylation sites (tertiary alicyclic amines) is 1. The Hall–Kier alpha value is -2.82. The standard InChI is InChI=1S/C23H28N2O3/c26-22(24-15-7-10-20(16-24)13-14-23(27)28)18-25(21-11-5-2-6-12-21)17-19-8-3-1-4-9-19/h1-6,8-9,11-12,20H,7,10,13-18H2,(H,27,28). The molecule has 0 aliphatic carbocycles. The molecule has 3 rings (SSSR count). The van der Waals surface area contributed by atoms with Crippen molar-refractivity contribution in [1.82, 2.24) is 4.90 Å². The molecule has 0 radical (unpaired) electrons. The van der Waals surface area contributed by atoms with Crippen molar-refractivity contribution in [2.24, 2.45) is 5.92 Å². The molecule has 0 aromatic heterocycles. The highest BCUT2D eigenvalue weighted by molar-refractivity contribution is 5.81. The number of aliphatic carboxylic acids is 1. The Bertz CT molecular complexity index is 764. The minimum absolute atomic E-state index is 0.111. The lowest BCUT2D eigenvalue weighted by molar-refractivity contribution is -0.137. The summed E-state index contributed by atoms with van der Waals surface area (Å²) in [7, 11) is 0. The van der Waals surface area contributed by atoms with Gasteiger partial charge >= 0.3 is 5.97 Å². The van der Waals surface area contributed by atoms with E-state index in [1.807, 2.05) is 53.4 Å². The number of amides is 1. The smallest absolute Gasteiger partial charge is 0.303 e. The van der Waals surface area contributed by atoms with E-state index >= 15 is 0 Å². The molecule has 0 bridgehead atoms. The summed E-state index contributed by atoms with van der Waals surface area (Å²) in [6.45, 7) is 2.42. The lowest BCUT2D eigenvalue weighted by Gasteiger charge is -2.35.